The third-order valence-corrected chi connectivity index (χ3v) is 5.00. The highest BCUT2D eigenvalue weighted by atomic mass is 32.2. The Morgan fingerprint density at radius 2 is 2.10 bits per heavy atom. The van der Waals surface area contributed by atoms with Crippen LogP contribution in [0.5, 0.6) is 0 Å². The van der Waals surface area contributed by atoms with E-state index in [9.17, 15) is 4.79 Å². The van der Waals surface area contributed by atoms with Crippen LogP contribution in [0.1, 0.15) is 45.2 Å². The highest BCUT2D eigenvalue weighted by Crippen LogP contribution is 2.27. The van der Waals surface area contributed by atoms with E-state index in [0.29, 0.717) is 23.3 Å². The molecule has 2 heterocycles. The Bertz CT molecular complexity index is 1000. The number of nitrogens with one attached hydrogen (secondary N) is 2. The Kier molecular flexibility index (Phi) is 6.32. The van der Waals surface area contributed by atoms with Crippen molar-refractivity contribution in [2.75, 3.05) is 5.75 Å². The summed E-state index contributed by atoms with van der Waals surface area (Å²) in [5, 5.41) is 12.6. The second kappa shape index (κ2) is 8.73. The smallest absolute Gasteiger partial charge is 0.408 e. The summed E-state index contributed by atoms with van der Waals surface area (Å²) in [6, 6.07) is 7.48. The van der Waals surface area contributed by atoms with Gasteiger partial charge in [0.1, 0.15) is 11.6 Å². The molecule has 0 spiro atoms. The predicted molar refractivity (Wildman–Crippen MR) is 114 cm³/mol. The zero-order chi connectivity index (χ0) is 21.0. The van der Waals surface area contributed by atoms with Gasteiger partial charge in [0.25, 0.3) is 5.22 Å². The molecule has 0 aliphatic carbocycles. The van der Waals surface area contributed by atoms with Crippen molar-refractivity contribution in [1.82, 2.24) is 20.5 Å². The molecule has 0 radical (unpaired) electrons. The quantitative estimate of drug-likeness (QED) is 0.416. The van der Waals surface area contributed by atoms with Crippen LogP contribution in [0.3, 0.4) is 0 Å². The van der Waals surface area contributed by atoms with E-state index in [1.54, 1.807) is 0 Å². The minimum Gasteiger partial charge on any atom is -0.444 e. The van der Waals surface area contributed by atoms with E-state index in [-0.39, 0.29) is 0 Å². The molecular formula is C21H26N4O3S. The van der Waals surface area contributed by atoms with Gasteiger partial charge in [-0.15, -0.1) is 10.2 Å². The third kappa shape index (κ3) is 5.87. The number of aromatic amines is 1. The van der Waals surface area contributed by atoms with Gasteiger partial charge in [-0.05, 0) is 39.3 Å². The number of amides is 1. The zero-order valence-electron chi connectivity index (χ0n) is 17.1. The molecule has 3 rings (SSSR count). The maximum Gasteiger partial charge on any atom is 0.408 e. The first-order valence-corrected chi connectivity index (χ1v) is 10.3. The van der Waals surface area contributed by atoms with E-state index in [1.165, 1.54) is 11.8 Å². The summed E-state index contributed by atoms with van der Waals surface area (Å²) in [5.41, 5.74) is 2.47. The summed E-state index contributed by atoms with van der Waals surface area (Å²) < 4.78 is 11.2. The fourth-order valence-corrected chi connectivity index (χ4v) is 3.39. The Balaban J connectivity index is 1.83. The average Bonchev–Trinajstić information content (AvgIpc) is 3.25. The number of thioether (sulfide) groups is 1. The molecule has 0 saturated heterocycles. The van der Waals surface area contributed by atoms with Crippen LogP contribution in [0.25, 0.3) is 10.9 Å². The molecule has 1 amide bonds. The number of rotatable bonds is 7. The Hall–Kier alpha value is -2.74. The van der Waals surface area contributed by atoms with Crippen molar-refractivity contribution < 1.29 is 13.9 Å². The predicted octanol–water partition coefficient (Wildman–Crippen LogP) is 5.03. The molecule has 2 N–H and O–H groups in total. The van der Waals surface area contributed by atoms with Gasteiger partial charge in [-0.1, -0.05) is 42.1 Å². The molecule has 7 nitrogen and oxygen atoms in total. The number of carbonyl (C=O) groups is 1. The zero-order valence-corrected chi connectivity index (χ0v) is 17.9. The molecule has 0 unspecified atom stereocenters. The molecule has 154 valence electrons. The summed E-state index contributed by atoms with van der Waals surface area (Å²) in [5.74, 6) is 1.03. The molecule has 2 aromatic heterocycles. The number of fused-ring (bicyclic) bond motifs is 1. The molecule has 1 atom stereocenters. The molecule has 0 aliphatic heterocycles. The van der Waals surface area contributed by atoms with Crippen LogP contribution in [0.2, 0.25) is 0 Å². The van der Waals surface area contributed by atoms with Crippen molar-refractivity contribution in [2.24, 2.45) is 0 Å². The molecular weight excluding hydrogens is 388 g/mol. The number of H-pyrrole nitrogens is 1. The topological polar surface area (TPSA) is 93.0 Å². The van der Waals surface area contributed by atoms with Gasteiger partial charge in [0.15, 0.2) is 0 Å². The summed E-state index contributed by atoms with van der Waals surface area (Å²) in [6.45, 7) is 11.3. The van der Waals surface area contributed by atoms with Crippen LogP contribution in [-0.4, -0.2) is 32.6 Å². The van der Waals surface area contributed by atoms with Crippen LogP contribution >= 0.6 is 11.8 Å². The number of nitrogens with zero attached hydrogens (tertiary/aromatic N) is 2. The van der Waals surface area contributed by atoms with E-state index < -0.39 is 17.7 Å². The fourth-order valence-electron chi connectivity index (χ4n) is 2.77. The number of hydrogen-bond donors (Lipinski definition) is 2. The largest absolute Gasteiger partial charge is 0.444 e. The van der Waals surface area contributed by atoms with E-state index >= 15 is 0 Å². The standard InChI is InChI=1S/C21H26N4O3S/c1-13(2)12-29-20-25-24-18(27-20)17(23-19(26)28-21(3,4)5)10-14-11-22-16-9-7-6-8-15(14)16/h6-9,11,17,22H,1,10,12H2,2-5H3,(H,23,26)/t17-/m1/s1. The third-order valence-electron chi connectivity index (χ3n) is 3.95. The summed E-state index contributed by atoms with van der Waals surface area (Å²) in [4.78, 5) is 15.7. The van der Waals surface area contributed by atoms with Gasteiger partial charge >= 0.3 is 6.09 Å². The maximum absolute atomic E-state index is 12.4. The van der Waals surface area contributed by atoms with Crippen molar-refractivity contribution >= 4 is 28.8 Å². The summed E-state index contributed by atoms with van der Waals surface area (Å²) in [7, 11) is 0. The first-order valence-electron chi connectivity index (χ1n) is 9.36. The lowest BCUT2D eigenvalue weighted by Crippen LogP contribution is -2.36. The molecule has 0 fully saturated rings. The van der Waals surface area contributed by atoms with Gasteiger partial charge in [-0.25, -0.2) is 4.79 Å². The number of carbonyl (C=O) groups excluding carboxylic acids is 1. The van der Waals surface area contributed by atoms with Crippen molar-refractivity contribution in [3.05, 3.63) is 54.1 Å². The molecule has 29 heavy (non-hydrogen) atoms. The molecule has 1 aromatic carbocycles. The molecule has 3 aromatic rings. The minimum atomic E-state index is -0.604. The Morgan fingerprint density at radius 1 is 1.34 bits per heavy atom. The lowest BCUT2D eigenvalue weighted by atomic mass is 10.1. The average molecular weight is 415 g/mol. The fraction of sp³-hybridized carbons (Fsp3) is 0.381. The van der Waals surface area contributed by atoms with Gasteiger partial charge in [0.2, 0.25) is 5.89 Å². The van der Waals surface area contributed by atoms with Gasteiger partial charge < -0.3 is 19.5 Å². The Morgan fingerprint density at radius 3 is 2.83 bits per heavy atom. The highest BCUT2D eigenvalue weighted by Gasteiger charge is 2.26. The number of aromatic nitrogens is 3. The van der Waals surface area contributed by atoms with Gasteiger partial charge in [0.05, 0.1) is 0 Å². The first-order chi connectivity index (χ1) is 13.7. The summed E-state index contributed by atoms with van der Waals surface area (Å²) in [6.07, 6.45) is 1.88. The van der Waals surface area contributed by atoms with Crippen LogP contribution < -0.4 is 5.32 Å². The number of benzene rings is 1. The van der Waals surface area contributed by atoms with Gasteiger partial charge in [-0.2, -0.15) is 0 Å². The second-order valence-electron chi connectivity index (χ2n) is 7.91. The van der Waals surface area contributed by atoms with Crippen molar-refractivity contribution in [1.29, 1.82) is 0 Å². The van der Waals surface area contributed by atoms with Crippen molar-refractivity contribution in [3.63, 3.8) is 0 Å². The number of hydrogen-bond acceptors (Lipinski definition) is 6. The number of para-hydroxylation sites is 1. The van der Waals surface area contributed by atoms with Crippen LogP contribution in [0, 0.1) is 0 Å². The lowest BCUT2D eigenvalue weighted by molar-refractivity contribution is 0.0494. The van der Waals surface area contributed by atoms with E-state index in [2.05, 4.69) is 27.1 Å². The van der Waals surface area contributed by atoms with E-state index in [4.69, 9.17) is 9.15 Å². The lowest BCUT2D eigenvalue weighted by Gasteiger charge is -2.22. The van der Waals surface area contributed by atoms with Gasteiger partial charge in [-0.3, -0.25) is 0 Å². The monoisotopic (exact) mass is 414 g/mol. The van der Waals surface area contributed by atoms with Crippen LogP contribution in [-0.2, 0) is 11.2 Å². The van der Waals surface area contributed by atoms with E-state index in [1.807, 2.05) is 58.2 Å². The van der Waals surface area contributed by atoms with Crippen molar-refractivity contribution in [2.45, 2.75) is 51.0 Å². The minimum absolute atomic E-state index is 0.338. The molecule has 0 aliphatic rings. The second-order valence-corrected chi connectivity index (χ2v) is 8.84. The molecule has 0 bridgehead atoms. The molecule has 0 saturated carbocycles. The first kappa shape index (κ1) is 21.0. The van der Waals surface area contributed by atoms with Crippen molar-refractivity contribution in [3.8, 4) is 0 Å². The Labute approximate surface area is 174 Å². The van der Waals surface area contributed by atoms with Gasteiger partial charge in [0, 0.05) is 29.3 Å². The highest BCUT2D eigenvalue weighted by molar-refractivity contribution is 7.99. The number of ether oxygens (including phenoxy) is 1. The normalized spacial score (nSPS) is 12.7. The van der Waals surface area contributed by atoms with Crippen LogP contribution in [0.15, 0.2) is 52.3 Å². The summed E-state index contributed by atoms with van der Waals surface area (Å²) >= 11 is 1.42. The molecule has 8 heteroatoms. The SMILES string of the molecule is C=C(C)CSc1nnc([C@@H](Cc2c[nH]c3ccccc23)NC(=O)OC(C)(C)C)o1. The van der Waals surface area contributed by atoms with E-state index in [0.717, 1.165) is 22.0 Å². The van der Waals surface area contributed by atoms with Crippen LogP contribution in [0.4, 0.5) is 4.79 Å². The number of alkyl carbamates (subject to hydrolysis) is 1. The maximum atomic E-state index is 12.4.